The molecule has 0 atom stereocenters. The highest BCUT2D eigenvalue weighted by Crippen LogP contribution is 2.34. The molecule has 0 N–H and O–H groups in total. The van der Waals surface area contributed by atoms with Crippen molar-refractivity contribution in [3.63, 3.8) is 0 Å². The smallest absolute Gasteiger partial charge is 0.129 e. The van der Waals surface area contributed by atoms with Gasteiger partial charge in [-0.1, -0.05) is 17.7 Å². The van der Waals surface area contributed by atoms with Crippen molar-refractivity contribution in [1.82, 2.24) is 9.55 Å². The normalized spacial score (nSPS) is 11.2. The summed E-state index contributed by atoms with van der Waals surface area (Å²) in [7, 11) is 0. The van der Waals surface area contributed by atoms with E-state index in [0.717, 1.165) is 31.5 Å². The van der Waals surface area contributed by atoms with E-state index in [1.807, 2.05) is 41.0 Å². The molecule has 1 aromatic heterocycles. The summed E-state index contributed by atoms with van der Waals surface area (Å²) in [4.78, 5) is 4.56. The summed E-state index contributed by atoms with van der Waals surface area (Å²) in [5.74, 6) is 1.09. The Hall–Kier alpha value is -0.550. The quantitative estimate of drug-likeness (QED) is 0.456. The molecule has 0 radical (unpaired) electrons. The summed E-state index contributed by atoms with van der Waals surface area (Å²) in [6.07, 6.45) is 0. The van der Waals surface area contributed by atoms with Gasteiger partial charge in [0.2, 0.25) is 0 Å². The Bertz CT molecular complexity index is 779. The third-order valence-electron chi connectivity index (χ3n) is 2.97. The first-order valence-electron chi connectivity index (χ1n) is 5.79. The highest BCUT2D eigenvalue weighted by Gasteiger charge is 2.16. The fraction of sp³-hybridized carbons (Fsp3) is 0.0714. The van der Waals surface area contributed by atoms with Crippen LogP contribution in [0.25, 0.3) is 16.7 Å². The molecule has 1 heterocycles. The standard InChI is InChI=1S/C14H8Br2Cl2N2/c15-9-2-1-3-10(16)14(9)20-12-6-8(18)4-5-11(12)19-13(20)7-17/h1-6H,7H2. The molecule has 3 aromatic rings. The fourth-order valence-electron chi connectivity index (χ4n) is 2.14. The number of aromatic nitrogens is 2. The third kappa shape index (κ3) is 2.39. The van der Waals surface area contributed by atoms with E-state index in [2.05, 4.69) is 36.8 Å². The van der Waals surface area contributed by atoms with Crippen LogP contribution in [0.5, 0.6) is 0 Å². The van der Waals surface area contributed by atoms with Crippen LogP contribution in [0, 0.1) is 0 Å². The van der Waals surface area contributed by atoms with Crippen molar-refractivity contribution in [3.05, 3.63) is 56.2 Å². The van der Waals surface area contributed by atoms with Crippen molar-refractivity contribution in [2.45, 2.75) is 5.88 Å². The Kier molecular flexibility index (Phi) is 4.09. The molecular weight excluding hydrogens is 427 g/mol. The molecule has 3 rings (SSSR count). The second kappa shape index (κ2) is 5.68. The average Bonchev–Trinajstić information content (AvgIpc) is 2.77. The molecule has 0 aliphatic carbocycles. The van der Waals surface area contributed by atoms with Crippen LogP contribution < -0.4 is 0 Å². The lowest BCUT2D eigenvalue weighted by atomic mass is 10.3. The van der Waals surface area contributed by atoms with Crippen LogP contribution in [0.3, 0.4) is 0 Å². The van der Waals surface area contributed by atoms with Gasteiger partial charge in [0.1, 0.15) is 5.82 Å². The van der Waals surface area contributed by atoms with Crippen LogP contribution in [0.1, 0.15) is 5.82 Å². The fourth-order valence-corrected chi connectivity index (χ4v) is 3.84. The molecule has 102 valence electrons. The maximum absolute atomic E-state index is 6.11. The van der Waals surface area contributed by atoms with Gasteiger partial charge in [-0.15, -0.1) is 11.6 Å². The topological polar surface area (TPSA) is 17.8 Å². The van der Waals surface area contributed by atoms with Crippen LogP contribution in [-0.2, 0) is 5.88 Å². The number of halogens is 4. The maximum Gasteiger partial charge on any atom is 0.129 e. The van der Waals surface area contributed by atoms with Gasteiger partial charge in [-0.2, -0.15) is 0 Å². The first-order chi connectivity index (χ1) is 9.61. The zero-order valence-corrected chi connectivity index (χ0v) is 14.8. The summed E-state index contributed by atoms with van der Waals surface area (Å²) in [5, 5.41) is 0.669. The maximum atomic E-state index is 6.11. The first-order valence-corrected chi connectivity index (χ1v) is 8.29. The monoisotopic (exact) mass is 432 g/mol. The molecule has 0 bridgehead atoms. The molecule has 0 unspecified atom stereocenters. The van der Waals surface area contributed by atoms with Gasteiger partial charge in [0.25, 0.3) is 0 Å². The second-order valence-electron chi connectivity index (χ2n) is 4.20. The molecule has 6 heteroatoms. The average molecular weight is 435 g/mol. The van der Waals surface area contributed by atoms with Gasteiger partial charge in [-0.3, -0.25) is 4.57 Å². The number of rotatable bonds is 2. The lowest BCUT2D eigenvalue weighted by molar-refractivity contribution is 0.972. The molecule has 0 fully saturated rings. The number of fused-ring (bicyclic) bond motifs is 1. The molecule has 0 saturated carbocycles. The molecule has 20 heavy (non-hydrogen) atoms. The third-order valence-corrected chi connectivity index (χ3v) is 4.72. The van der Waals surface area contributed by atoms with Crippen molar-refractivity contribution >= 4 is 66.1 Å². The van der Waals surface area contributed by atoms with E-state index in [1.54, 1.807) is 0 Å². The van der Waals surface area contributed by atoms with E-state index in [9.17, 15) is 0 Å². The van der Waals surface area contributed by atoms with Crippen molar-refractivity contribution in [3.8, 4) is 5.69 Å². The van der Waals surface area contributed by atoms with Gasteiger partial charge in [0.05, 0.1) is 22.6 Å². The van der Waals surface area contributed by atoms with Gasteiger partial charge >= 0.3 is 0 Å². The van der Waals surface area contributed by atoms with E-state index in [0.29, 0.717) is 10.9 Å². The summed E-state index contributed by atoms with van der Waals surface area (Å²) in [5.41, 5.74) is 2.77. The molecule has 2 aromatic carbocycles. The van der Waals surface area contributed by atoms with Crippen LogP contribution in [-0.4, -0.2) is 9.55 Å². The summed E-state index contributed by atoms with van der Waals surface area (Å²) >= 11 is 19.3. The minimum atomic E-state index is 0.320. The number of benzene rings is 2. The molecule has 0 aliphatic heterocycles. The molecule has 0 spiro atoms. The second-order valence-corrected chi connectivity index (χ2v) is 6.61. The number of hydrogen-bond donors (Lipinski definition) is 0. The first kappa shape index (κ1) is 14.4. The van der Waals surface area contributed by atoms with Gasteiger partial charge < -0.3 is 0 Å². The summed E-state index contributed by atoms with van der Waals surface area (Å²) in [6, 6.07) is 11.5. The highest BCUT2D eigenvalue weighted by atomic mass is 79.9. The van der Waals surface area contributed by atoms with Gasteiger partial charge in [-0.25, -0.2) is 4.98 Å². The predicted molar refractivity (Wildman–Crippen MR) is 91.0 cm³/mol. The Morgan fingerprint density at radius 1 is 1.10 bits per heavy atom. The van der Waals surface area contributed by atoms with Crippen molar-refractivity contribution < 1.29 is 0 Å². The van der Waals surface area contributed by atoms with Crippen LogP contribution in [0.15, 0.2) is 45.3 Å². The molecule has 0 amide bonds. The van der Waals surface area contributed by atoms with Crippen molar-refractivity contribution in [2.75, 3.05) is 0 Å². The van der Waals surface area contributed by atoms with E-state index in [4.69, 9.17) is 23.2 Å². The molecule has 0 aliphatic rings. The van der Waals surface area contributed by atoms with Crippen molar-refractivity contribution in [1.29, 1.82) is 0 Å². The Labute approximate surface area is 143 Å². The zero-order valence-electron chi connectivity index (χ0n) is 10.1. The Balaban J connectivity index is 2.42. The van der Waals surface area contributed by atoms with E-state index in [1.165, 1.54) is 0 Å². The number of nitrogens with zero attached hydrogens (tertiary/aromatic N) is 2. The van der Waals surface area contributed by atoms with Crippen LogP contribution in [0.4, 0.5) is 0 Å². The van der Waals surface area contributed by atoms with Crippen LogP contribution >= 0.6 is 55.1 Å². The predicted octanol–water partition coefficient (Wildman–Crippen LogP) is 5.94. The Morgan fingerprint density at radius 2 is 1.80 bits per heavy atom. The number of alkyl halides is 1. The molecular formula is C14H8Br2Cl2N2. The number of imidazole rings is 1. The zero-order chi connectivity index (χ0) is 14.3. The van der Waals surface area contributed by atoms with Gasteiger partial charge in [0.15, 0.2) is 0 Å². The largest absolute Gasteiger partial charge is 0.293 e. The highest BCUT2D eigenvalue weighted by molar-refractivity contribution is 9.11. The number of para-hydroxylation sites is 1. The summed E-state index contributed by atoms with van der Waals surface area (Å²) < 4.78 is 3.93. The summed E-state index contributed by atoms with van der Waals surface area (Å²) in [6.45, 7) is 0. The van der Waals surface area contributed by atoms with Gasteiger partial charge in [0, 0.05) is 14.0 Å². The molecule has 0 saturated heterocycles. The van der Waals surface area contributed by atoms with E-state index in [-0.39, 0.29) is 0 Å². The SMILES string of the molecule is ClCc1nc2ccc(Cl)cc2n1-c1c(Br)cccc1Br. The Morgan fingerprint density at radius 3 is 2.45 bits per heavy atom. The van der Waals surface area contributed by atoms with E-state index < -0.39 is 0 Å². The lowest BCUT2D eigenvalue weighted by Gasteiger charge is -2.12. The lowest BCUT2D eigenvalue weighted by Crippen LogP contribution is -2.01. The van der Waals surface area contributed by atoms with Crippen molar-refractivity contribution in [2.24, 2.45) is 0 Å². The number of hydrogen-bond acceptors (Lipinski definition) is 1. The molecule has 2 nitrogen and oxygen atoms in total. The minimum Gasteiger partial charge on any atom is -0.293 e. The van der Waals surface area contributed by atoms with Crippen LogP contribution in [0.2, 0.25) is 5.02 Å². The van der Waals surface area contributed by atoms with E-state index >= 15 is 0 Å². The minimum absolute atomic E-state index is 0.320. The van der Waals surface area contributed by atoms with Gasteiger partial charge in [-0.05, 0) is 62.2 Å².